The molecule has 0 aliphatic carbocycles. The Balaban J connectivity index is 1.43. The molecule has 2 aromatic rings. The van der Waals surface area contributed by atoms with Gasteiger partial charge in [0.2, 0.25) is 11.8 Å². The normalized spacial score (nSPS) is 14.0. The Morgan fingerprint density at radius 1 is 0.828 bits per heavy atom. The van der Waals surface area contributed by atoms with Gasteiger partial charge in [0, 0.05) is 30.2 Å². The summed E-state index contributed by atoms with van der Waals surface area (Å²) in [4.78, 5) is 28.5. The molecule has 3 rings (SSSR count). The average Bonchev–Trinajstić information content (AvgIpc) is 2.70. The lowest BCUT2D eigenvalue weighted by Gasteiger charge is -2.28. The van der Waals surface area contributed by atoms with Crippen molar-refractivity contribution >= 4 is 28.9 Å². The molecule has 0 spiro atoms. The number of hydrogen-bond acceptors (Lipinski definition) is 4. The van der Waals surface area contributed by atoms with Crippen molar-refractivity contribution in [1.82, 2.24) is 4.90 Å². The zero-order valence-corrected chi connectivity index (χ0v) is 17.3. The molecule has 0 unspecified atom stereocenters. The fourth-order valence-corrected chi connectivity index (χ4v) is 3.49. The molecule has 2 aromatic carbocycles. The maximum Gasteiger partial charge on any atom is 0.238 e. The predicted octanol–water partition coefficient (Wildman–Crippen LogP) is 3.49. The molecule has 2 N–H and O–H groups in total. The maximum absolute atomic E-state index is 12.3. The summed E-state index contributed by atoms with van der Waals surface area (Å²) in [5.74, 6) is -0.281. The zero-order valence-electron chi connectivity index (χ0n) is 17.3. The van der Waals surface area contributed by atoms with Crippen molar-refractivity contribution < 1.29 is 9.59 Å². The van der Waals surface area contributed by atoms with E-state index in [-0.39, 0.29) is 24.9 Å². The molecule has 1 heterocycles. The minimum Gasteiger partial charge on any atom is -0.372 e. The first-order valence-electron chi connectivity index (χ1n) is 10.2. The molecule has 1 aliphatic rings. The van der Waals surface area contributed by atoms with E-state index >= 15 is 0 Å². The van der Waals surface area contributed by atoms with Crippen LogP contribution in [-0.4, -0.2) is 49.9 Å². The van der Waals surface area contributed by atoms with Gasteiger partial charge < -0.3 is 15.5 Å². The summed E-state index contributed by atoms with van der Waals surface area (Å²) in [5, 5.41) is 5.74. The van der Waals surface area contributed by atoms with Gasteiger partial charge in [-0.2, -0.15) is 0 Å². The highest BCUT2D eigenvalue weighted by Crippen LogP contribution is 2.21. The molecule has 1 aliphatic heterocycles. The molecule has 0 bridgehead atoms. The molecule has 6 heteroatoms. The molecule has 1 fully saturated rings. The number of rotatable bonds is 7. The Kier molecular flexibility index (Phi) is 7.25. The summed E-state index contributed by atoms with van der Waals surface area (Å²) >= 11 is 0. The molecule has 1 saturated heterocycles. The Hall–Kier alpha value is -2.86. The number of nitrogens with zero attached hydrogens (tertiary/aromatic N) is 2. The van der Waals surface area contributed by atoms with Crippen LogP contribution in [0.4, 0.5) is 17.1 Å². The smallest absolute Gasteiger partial charge is 0.238 e. The molecule has 0 radical (unpaired) electrons. The number of carbonyl (C=O) groups excluding carboxylic acids is 2. The standard InChI is InChI=1S/C23H30N4O2/c1-18-6-8-19(9-7-18)24-22(28)16-26(2)17-23(29)25-20-10-12-21(13-11-20)27-14-4-3-5-15-27/h6-13H,3-5,14-17H2,1-2H3,(H,24,28)(H,25,29). The van der Waals surface area contributed by atoms with Crippen LogP contribution in [0.15, 0.2) is 48.5 Å². The van der Waals surface area contributed by atoms with Crippen LogP contribution in [0, 0.1) is 6.92 Å². The van der Waals surface area contributed by atoms with E-state index < -0.39 is 0 Å². The van der Waals surface area contributed by atoms with Gasteiger partial charge >= 0.3 is 0 Å². The second kappa shape index (κ2) is 10.1. The van der Waals surface area contributed by atoms with Crippen molar-refractivity contribution in [3.8, 4) is 0 Å². The Morgan fingerprint density at radius 3 is 1.83 bits per heavy atom. The van der Waals surface area contributed by atoms with Gasteiger partial charge in [0.15, 0.2) is 0 Å². The minimum atomic E-state index is -0.143. The van der Waals surface area contributed by atoms with Crippen LogP contribution < -0.4 is 15.5 Å². The number of anilines is 3. The third-order valence-corrected chi connectivity index (χ3v) is 5.03. The maximum atomic E-state index is 12.3. The number of likely N-dealkylation sites (N-methyl/N-ethyl adjacent to an activating group) is 1. The van der Waals surface area contributed by atoms with E-state index in [0.29, 0.717) is 0 Å². The Labute approximate surface area is 172 Å². The van der Waals surface area contributed by atoms with Gasteiger partial charge in [-0.05, 0) is 69.6 Å². The van der Waals surface area contributed by atoms with Gasteiger partial charge in [0.1, 0.15) is 0 Å². The third kappa shape index (κ3) is 6.61. The molecule has 0 atom stereocenters. The van der Waals surface area contributed by atoms with Crippen LogP contribution in [-0.2, 0) is 9.59 Å². The van der Waals surface area contributed by atoms with E-state index in [4.69, 9.17) is 0 Å². The minimum absolute atomic E-state index is 0.138. The van der Waals surface area contributed by atoms with E-state index in [1.165, 1.54) is 24.9 Å². The molecule has 29 heavy (non-hydrogen) atoms. The van der Waals surface area contributed by atoms with Gasteiger partial charge in [-0.3, -0.25) is 14.5 Å². The molecule has 0 aromatic heterocycles. The highest BCUT2D eigenvalue weighted by atomic mass is 16.2. The summed E-state index contributed by atoms with van der Waals surface area (Å²) in [6.45, 7) is 4.49. The van der Waals surface area contributed by atoms with Crippen molar-refractivity contribution in [3.63, 3.8) is 0 Å². The van der Waals surface area contributed by atoms with Crippen LogP contribution in [0.5, 0.6) is 0 Å². The van der Waals surface area contributed by atoms with Gasteiger partial charge in [0.05, 0.1) is 13.1 Å². The highest BCUT2D eigenvalue weighted by Gasteiger charge is 2.13. The summed E-state index contributed by atoms with van der Waals surface area (Å²) in [7, 11) is 1.76. The number of amides is 2. The Morgan fingerprint density at radius 2 is 1.31 bits per heavy atom. The molecule has 6 nitrogen and oxygen atoms in total. The average molecular weight is 395 g/mol. The fraction of sp³-hybridized carbons (Fsp3) is 0.391. The second-order valence-corrected chi connectivity index (χ2v) is 7.73. The fourth-order valence-electron chi connectivity index (χ4n) is 3.49. The van der Waals surface area contributed by atoms with Crippen molar-refractivity contribution in [3.05, 3.63) is 54.1 Å². The lowest BCUT2D eigenvalue weighted by molar-refractivity contribution is -0.119. The summed E-state index contributed by atoms with van der Waals surface area (Å²) < 4.78 is 0. The topological polar surface area (TPSA) is 64.7 Å². The first-order valence-corrected chi connectivity index (χ1v) is 10.2. The number of benzene rings is 2. The number of nitrogens with one attached hydrogen (secondary N) is 2. The van der Waals surface area contributed by atoms with E-state index in [1.54, 1.807) is 11.9 Å². The molecule has 2 amide bonds. The molecular formula is C23H30N4O2. The van der Waals surface area contributed by atoms with Gasteiger partial charge in [-0.15, -0.1) is 0 Å². The van der Waals surface area contributed by atoms with Gasteiger partial charge in [0.25, 0.3) is 0 Å². The van der Waals surface area contributed by atoms with E-state index in [2.05, 4.69) is 27.7 Å². The quantitative estimate of drug-likeness (QED) is 0.754. The van der Waals surface area contributed by atoms with Crippen LogP contribution in [0.3, 0.4) is 0 Å². The van der Waals surface area contributed by atoms with Crippen molar-refractivity contribution in [2.75, 3.05) is 48.8 Å². The Bertz CT molecular complexity index is 812. The van der Waals surface area contributed by atoms with Crippen molar-refractivity contribution in [2.45, 2.75) is 26.2 Å². The SMILES string of the molecule is Cc1ccc(NC(=O)CN(C)CC(=O)Nc2ccc(N3CCCCC3)cc2)cc1. The molecule has 0 saturated carbocycles. The highest BCUT2D eigenvalue weighted by molar-refractivity contribution is 5.94. The summed E-state index contributed by atoms with van der Waals surface area (Å²) in [6.07, 6.45) is 3.78. The molecule has 154 valence electrons. The number of aryl methyl sites for hydroxylation is 1. The second-order valence-electron chi connectivity index (χ2n) is 7.73. The predicted molar refractivity (Wildman–Crippen MR) is 118 cm³/mol. The van der Waals surface area contributed by atoms with E-state index in [9.17, 15) is 9.59 Å². The van der Waals surface area contributed by atoms with E-state index in [0.717, 1.165) is 30.0 Å². The number of hydrogen-bond donors (Lipinski definition) is 2. The lowest BCUT2D eigenvalue weighted by Crippen LogP contribution is -2.36. The van der Waals surface area contributed by atoms with Crippen molar-refractivity contribution in [2.24, 2.45) is 0 Å². The molecular weight excluding hydrogens is 364 g/mol. The van der Waals surface area contributed by atoms with Crippen LogP contribution in [0.1, 0.15) is 24.8 Å². The number of piperidine rings is 1. The third-order valence-electron chi connectivity index (χ3n) is 5.03. The van der Waals surface area contributed by atoms with Gasteiger partial charge in [-0.25, -0.2) is 0 Å². The summed E-state index contributed by atoms with van der Waals surface area (Å²) in [5.41, 5.74) is 3.87. The zero-order chi connectivity index (χ0) is 20.6. The van der Waals surface area contributed by atoms with Crippen LogP contribution in [0.25, 0.3) is 0 Å². The van der Waals surface area contributed by atoms with Crippen molar-refractivity contribution in [1.29, 1.82) is 0 Å². The first kappa shape index (κ1) is 20.9. The number of carbonyl (C=O) groups is 2. The van der Waals surface area contributed by atoms with Gasteiger partial charge in [-0.1, -0.05) is 17.7 Å². The largest absolute Gasteiger partial charge is 0.372 e. The first-order chi connectivity index (χ1) is 14.0. The monoisotopic (exact) mass is 394 g/mol. The summed E-state index contributed by atoms with van der Waals surface area (Å²) in [6, 6.07) is 15.6. The van der Waals surface area contributed by atoms with Crippen LogP contribution in [0.2, 0.25) is 0 Å². The van der Waals surface area contributed by atoms with Crippen LogP contribution >= 0.6 is 0 Å². The lowest BCUT2D eigenvalue weighted by atomic mass is 10.1. The van der Waals surface area contributed by atoms with E-state index in [1.807, 2.05) is 43.3 Å².